The molecule has 3 heteroatoms. The van der Waals surface area contributed by atoms with Crippen molar-refractivity contribution in [2.24, 2.45) is 5.92 Å². The Kier molecular flexibility index (Phi) is 8.51. The van der Waals surface area contributed by atoms with E-state index in [2.05, 4.69) is 57.2 Å². The van der Waals surface area contributed by atoms with E-state index in [4.69, 9.17) is 4.74 Å². The lowest BCUT2D eigenvalue weighted by Crippen LogP contribution is -2.22. The third-order valence-electron chi connectivity index (χ3n) is 6.83. The summed E-state index contributed by atoms with van der Waals surface area (Å²) in [6.07, 6.45) is 7.79. The molecule has 2 atom stereocenters. The molecule has 3 nitrogen and oxygen atoms in total. The molecule has 1 saturated carbocycles. The molecule has 0 unspecified atom stereocenters. The summed E-state index contributed by atoms with van der Waals surface area (Å²) in [4.78, 5) is 12.3. The molecule has 0 aliphatic heterocycles. The Morgan fingerprint density at radius 1 is 1.06 bits per heavy atom. The molecule has 1 aliphatic carbocycles. The van der Waals surface area contributed by atoms with E-state index in [1.807, 2.05) is 18.2 Å². The van der Waals surface area contributed by atoms with Crippen LogP contribution in [0.25, 0.3) is 0 Å². The Balaban J connectivity index is 1.86. The Morgan fingerprint density at radius 3 is 2.56 bits per heavy atom. The van der Waals surface area contributed by atoms with Gasteiger partial charge in [0.1, 0.15) is 18.1 Å². The highest BCUT2D eigenvalue weighted by Gasteiger charge is 2.31. The van der Waals surface area contributed by atoms with Crippen LogP contribution in [-0.2, 0) is 16.8 Å². The van der Waals surface area contributed by atoms with Gasteiger partial charge in [0.05, 0.1) is 12.0 Å². The van der Waals surface area contributed by atoms with Gasteiger partial charge in [-0.1, -0.05) is 88.9 Å². The van der Waals surface area contributed by atoms with Crippen LogP contribution in [-0.4, -0.2) is 5.78 Å². The maximum Gasteiger partial charge on any atom is 0.134 e. The number of ether oxygens (including phenoxy) is 1. The maximum absolute atomic E-state index is 12.3. The van der Waals surface area contributed by atoms with E-state index >= 15 is 0 Å². The molecule has 1 fully saturated rings. The summed E-state index contributed by atoms with van der Waals surface area (Å²) in [5, 5.41) is 9.43. The first kappa shape index (κ1) is 24.1. The second-order valence-corrected chi connectivity index (χ2v) is 9.93. The van der Waals surface area contributed by atoms with Crippen molar-refractivity contribution >= 4 is 5.78 Å². The van der Waals surface area contributed by atoms with Gasteiger partial charge in [0.2, 0.25) is 0 Å². The number of benzene rings is 2. The molecular formula is C29H37NO2. The molecule has 1 aliphatic rings. The number of nitriles is 1. The zero-order valence-electron chi connectivity index (χ0n) is 19.9. The molecule has 32 heavy (non-hydrogen) atoms. The summed E-state index contributed by atoms with van der Waals surface area (Å²) in [6.45, 7) is 7.36. The molecule has 0 amide bonds. The van der Waals surface area contributed by atoms with Crippen LogP contribution >= 0.6 is 0 Å². The van der Waals surface area contributed by atoms with E-state index in [0.717, 1.165) is 29.7 Å². The Labute approximate surface area is 193 Å². The lowest BCUT2D eigenvalue weighted by molar-refractivity contribution is -0.121. The van der Waals surface area contributed by atoms with Crippen LogP contribution in [0.3, 0.4) is 0 Å². The number of ketones is 1. The van der Waals surface area contributed by atoms with Crippen LogP contribution < -0.4 is 4.74 Å². The summed E-state index contributed by atoms with van der Waals surface area (Å²) < 4.78 is 6.37. The molecule has 170 valence electrons. The van der Waals surface area contributed by atoms with Crippen molar-refractivity contribution in [3.8, 4) is 11.8 Å². The van der Waals surface area contributed by atoms with Crippen molar-refractivity contribution in [2.75, 3.05) is 0 Å². The van der Waals surface area contributed by atoms with Crippen LogP contribution in [0, 0.1) is 17.2 Å². The monoisotopic (exact) mass is 431 g/mol. The van der Waals surface area contributed by atoms with Crippen LogP contribution in [0.2, 0.25) is 0 Å². The molecule has 0 radical (unpaired) electrons. The minimum Gasteiger partial charge on any atom is -0.489 e. The molecule has 0 bridgehead atoms. The van der Waals surface area contributed by atoms with Crippen molar-refractivity contribution in [2.45, 2.75) is 90.1 Å². The fourth-order valence-corrected chi connectivity index (χ4v) is 4.77. The predicted molar refractivity (Wildman–Crippen MR) is 130 cm³/mol. The summed E-state index contributed by atoms with van der Waals surface area (Å²) in [5.41, 5.74) is 3.53. The third-order valence-corrected chi connectivity index (χ3v) is 6.83. The number of hydrogen-bond donors (Lipinski definition) is 0. The van der Waals surface area contributed by atoms with Gasteiger partial charge in [-0.25, -0.2) is 0 Å². The second-order valence-electron chi connectivity index (χ2n) is 9.93. The van der Waals surface area contributed by atoms with Crippen molar-refractivity contribution in [3.05, 3.63) is 65.2 Å². The smallest absolute Gasteiger partial charge is 0.134 e. The van der Waals surface area contributed by atoms with Gasteiger partial charge in [0.15, 0.2) is 0 Å². The van der Waals surface area contributed by atoms with Crippen LogP contribution in [0.15, 0.2) is 48.5 Å². The van der Waals surface area contributed by atoms with E-state index in [9.17, 15) is 10.1 Å². The van der Waals surface area contributed by atoms with E-state index < -0.39 is 0 Å². The highest BCUT2D eigenvalue weighted by molar-refractivity contribution is 5.81. The van der Waals surface area contributed by atoms with Gasteiger partial charge in [-0.3, -0.25) is 4.79 Å². The summed E-state index contributed by atoms with van der Waals surface area (Å²) >= 11 is 0. The maximum atomic E-state index is 12.3. The zero-order chi connectivity index (χ0) is 23.0. The average Bonchev–Trinajstić information content (AvgIpc) is 2.80. The summed E-state index contributed by atoms with van der Waals surface area (Å²) in [7, 11) is 0. The van der Waals surface area contributed by atoms with E-state index in [0.29, 0.717) is 19.4 Å². The van der Waals surface area contributed by atoms with Gasteiger partial charge < -0.3 is 4.74 Å². The SMILES string of the molecule is CCCCCCC(C)(C)c1ccc([C@@H]2CC(=O)C[C@@H](C#N)C2)c(OCc2ccccc2)c1. The quantitative estimate of drug-likeness (QED) is 0.366. The van der Waals surface area contributed by atoms with Gasteiger partial charge in [-0.2, -0.15) is 5.26 Å². The Bertz CT molecular complexity index is 926. The molecule has 2 aromatic carbocycles. The number of Topliss-reactive ketones (excluding diaryl/α,β-unsaturated/α-hetero) is 1. The van der Waals surface area contributed by atoms with Crippen molar-refractivity contribution in [3.63, 3.8) is 0 Å². The number of rotatable bonds is 10. The molecule has 0 heterocycles. The summed E-state index contributed by atoms with van der Waals surface area (Å²) in [6, 6.07) is 19.1. The van der Waals surface area contributed by atoms with E-state index in [1.165, 1.54) is 31.2 Å². The zero-order valence-corrected chi connectivity index (χ0v) is 19.9. The largest absolute Gasteiger partial charge is 0.489 e. The minimum absolute atomic E-state index is 0.0494. The van der Waals surface area contributed by atoms with Crippen LogP contribution in [0.5, 0.6) is 5.75 Å². The van der Waals surface area contributed by atoms with E-state index in [-0.39, 0.29) is 23.0 Å². The average molecular weight is 432 g/mol. The van der Waals surface area contributed by atoms with E-state index in [1.54, 1.807) is 0 Å². The molecule has 0 spiro atoms. The third kappa shape index (κ3) is 6.45. The molecule has 0 N–H and O–H groups in total. The van der Waals surface area contributed by atoms with Crippen molar-refractivity contribution in [1.29, 1.82) is 5.26 Å². The Hall–Kier alpha value is -2.60. The number of carbonyl (C=O) groups excluding carboxylic acids is 1. The molecular weight excluding hydrogens is 394 g/mol. The minimum atomic E-state index is -0.196. The second kappa shape index (κ2) is 11.3. The first-order valence-electron chi connectivity index (χ1n) is 12.2. The topological polar surface area (TPSA) is 50.1 Å². The lowest BCUT2D eigenvalue weighted by Gasteiger charge is -2.30. The number of carbonyl (C=O) groups is 1. The van der Waals surface area contributed by atoms with Crippen molar-refractivity contribution in [1.82, 2.24) is 0 Å². The number of unbranched alkanes of at least 4 members (excludes halogenated alkanes) is 3. The number of nitrogens with zero attached hydrogens (tertiary/aromatic N) is 1. The number of hydrogen-bond acceptors (Lipinski definition) is 3. The van der Waals surface area contributed by atoms with Gasteiger partial charge >= 0.3 is 0 Å². The fraction of sp³-hybridized carbons (Fsp3) is 0.517. The fourth-order valence-electron chi connectivity index (χ4n) is 4.77. The van der Waals surface area contributed by atoms with Gasteiger partial charge in [-0.15, -0.1) is 0 Å². The van der Waals surface area contributed by atoms with Gasteiger partial charge in [-0.05, 0) is 46.9 Å². The standard InChI is InChI=1S/C29H37NO2/c1-4-5-6-10-15-29(2,3)25-13-14-27(24-16-23(20-30)17-26(31)18-24)28(19-25)32-21-22-11-8-7-9-12-22/h7-9,11-14,19,23-24H,4-6,10,15-18,21H2,1-3H3/t23-,24-/m0/s1. The highest BCUT2D eigenvalue weighted by Crippen LogP contribution is 2.41. The predicted octanol–water partition coefficient (Wildman–Crippen LogP) is 7.49. The van der Waals surface area contributed by atoms with Crippen LogP contribution in [0.1, 0.15) is 94.7 Å². The molecule has 0 saturated heterocycles. The van der Waals surface area contributed by atoms with Gasteiger partial charge in [0.25, 0.3) is 0 Å². The first-order chi connectivity index (χ1) is 15.4. The Morgan fingerprint density at radius 2 is 1.84 bits per heavy atom. The van der Waals surface area contributed by atoms with Crippen LogP contribution in [0.4, 0.5) is 0 Å². The lowest BCUT2D eigenvalue weighted by atomic mass is 9.75. The van der Waals surface area contributed by atoms with Crippen molar-refractivity contribution < 1.29 is 9.53 Å². The normalized spacial score (nSPS) is 18.9. The highest BCUT2D eigenvalue weighted by atomic mass is 16.5. The first-order valence-corrected chi connectivity index (χ1v) is 12.2. The molecule has 3 rings (SSSR count). The molecule has 0 aromatic heterocycles. The molecule has 2 aromatic rings. The van der Waals surface area contributed by atoms with Gasteiger partial charge in [0, 0.05) is 12.8 Å². The summed E-state index contributed by atoms with van der Waals surface area (Å²) in [5.74, 6) is 0.901.